The number of hydrogen-bond acceptors (Lipinski definition) is 2. The van der Waals surface area contributed by atoms with Gasteiger partial charge >= 0.3 is 0 Å². The van der Waals surface area contributed by atoms with E-state index in [1.54, 1.807) is 13.2 Å². The quantitative estimate of drug-likeness (QED) is 0.764. The molecule has 0 atom stereocenters. The molecule has 3 aromatic carbocycles. The smallest absolute Gasteiger partial charge is 0.255 e. The predicted octanol–water partition coefficient (Wildman–Crippen LogP) is 4.61. The molecule has 1 N–H and O–H groups in total. The number of carbonyl (C=O) groups excluding carboxylic acids is 1. The Labute approximate surface area is 135 Å². The highest BCUT2D eigenvalue weighted by molar-refractivity contribution is 6.05. The second-order valence-corrected chi connectivity index (χ2v) is 5.10. The number of hydrogen-bond donors (Lipinski definition) is 1. The van der Waals surface area contributed by atoms with Crippen LogP contribution in [0.15, 0.2) is 78.9 Å². The average molecular weight is 303 g/mol. The van der Waals surface area contributed by atoms with Crippen LogP contribution in [-0.2, 0) is 0 Å². The molecule has 1 amide bonds. The molecule has 3 rings (SSSR count). The third-order valence-electron chi connectivity index (χ3n) is 3.58. The van der Waals surface area contributed by atoms with Crippen LogP contribution in [0.3, 0.4) is 0 Å². The Hall–Kier alpha value is -3.07. The van der Waals surface area contributed by atoms with E-state index in [9.17, 15) is 4.79 Å². The van der Waals surface area contributed by atoms with Crippen LogP contribution in [0.2, 0.25) is 0 Å². The van der Waals surface area contributed by atoms with Crippen LogP contribution in [0.25, 0.3) is 11.1 Å². The van der Waals surface area contributed by atoms with E-state index in [1.165, 1.54) is 0 Å². The Kier molecular flexibility index (Phi) is 4.39. The van der Waals surface area contributed by atoms with Crippen LogP contribution in [0.5, 0.6) is 5.75 Å². The summed E-state index contributed by atoms with van der Waals surface area (Å²) in [7, 11) is 1.61. The molecule has 0 unspecified atom stereocenters. The average Bonchev–Trinajstić information content (AvgIpc) is 2.62. The van der Waals surface area contributed by atoms with Gasteiger partial charge in [-0.05, 0) is 35.9 Å². The van der Waals surface area contributed by atoms with Crippen molar-refractivity contribution in [2.75, 3.05) is 12.4 Å². The Morgan fingerprint density at radius 2 is 1.52 bits per heavy atom. The van der Waals surface area contributed by atoms with E-state index in [0.717, 1.165) is 16.8 Å². The van der Waals surface area contributed by atoms with Crippen molar-refractivity contribution in [3.8, 4) is 16.9 Å². The lowest BCUT2D eigenvalue weighted by Gasteiger charge is -2.11. The zero-order valence-corrected chi connectivity index (χ0v) is 12.8. The van der Waals surface area contributed by atoms with Gasteiger partial charge < -0.3 is 10.1 Å². The molecule has 0 bridgehead atoms. The summed E-state index contributed by atoms with van der Waals surface area (Å²) in [6.07, 6.45) is 0. The van der Waals surface area contributed by atoms with Crippen molar-refractivity contribution in [1.82, 2.24) is 0 Å². The molecule has 0 fully saturated rings. The molecule has 3 nitrogen and oxygen atoms in total. The molecular weight excluding hydrogens is 286 g/mol. The maximum Gasteiger partial charge on any atom is 0.255 e. The van der Waals surface area contributed by atoms with Gasteiger partial charge in [0, 0.05) is 16.8 Å². The van der Waals surface area contributed by atoms with Crippen molar-refractivity contribution >= 4 is 11.6 Å². The van der Waals surface area contributed by atoms with Crippen molar-refractivity contribution in [2.45, 2.75) is 0 Å². The number of ether oxygens (including phenoxy) is 1. The normalized spacial score (nSPS) is 10.1. The molecule has 0 aliphatic heterocycles. The fourth-order valence-electron chi connectivity index (χ4n) is 2.41. The number of anilines is 1. The van der Waals surface area contributed by atoms with E-state index in [4.69, 9.17) is 4.74 Å². The minimum atomic E-state index is -0.158. The van der Waals surface area contributed by atoms with Gasteiger partial charge in [-0.3, -0.25) is 4.79 Å². The summed E-state index contributed by atoms with van der Waals surface area (Å²) in [5.74, 6) is 0.519. The molecule has 3 aromatic rings. The SMILES string of the molecule is COc1cc(C(=O)Nc2ccccc2)ccc1-c1ccccc1. The Bertz CT molecular complexity index is 798. The summed E-state index contributed by atoms with van der Waals surface area (Å²) < 4.78 is 5.46. The number of rotatable bonds is 4. The van der Waals surface area contributed by atoms with E-state index in [2.05, 4.69) is 5.32 Å². The van der Waals surface area contributed by atoms with Gasteiger partial charge in [0.2, 0.25) is 0 Å². The predicted molar refractivity (Wildman–Crippen MR) is 92.8 cm³/mol. The lowest BCUT2D eigenvalue weighted by Crippen LogP contribution is -2.11. The molecule has 0 saturated carbocycles. The molecule has 0 aliphatic carbocycles. The van der Waals surface area contributed by atoms with E-state index >= 15 is 0 Å². The van der Waals surface area contributed by atoms with Crippen molar-refractivity contribution in [3.63, 3.8) is 0 Å². The van der Waals surface area contributed by atoms with E-state index in [0.29, 0.717) is 11.3 Å². The molecule has 0 saturated heterocycles. The van der Waals surface area contributed by atoms with Gasteiger partial charge in [-0.15, -0.1) is 0 Å². The largest absolute Gasteiger partial charge is 0.496 e. The molecule has 0 heterocycles. The minimum Gasteiger partial charge on any atom is -0.496 e. The van der Waals surface area contributed by atoms with E-state index < -0.39 is 0 Å². The molecule has 114 valence electrons. The lowest BCUT2D eigenvalue weighted by molar-refractivity contribution is 0.102. The summed E-state index contributed by atoms with van der Waals surface area (Å²) in [6.45, 7) is 0. The second kappa shape index (κ2) is 6.79. The maximum atomic E-state index is 12.4. The number of benzene rings is 3. The zero-order valence-electron chi connectivity index (χ0n) is 12.8. The van der Waals surface area contributed by atoms with Crippen LogP contribution in [0.1, 0.15) is 10.4 Å². The molecule has 3 heteroatoms. The Morgan fingerprint density at radius 3 is 2.17 bits per heavy atom. The summed E-state index contributed by atoms with van der Waals surface area (Å²) in [5.41, 5.74) is 3.35. The molecule has 0 radical (unpaired) electrons. The van der Waals surface area contributed by atoms with Crippen LogP contribution >= 0.6 is 0 Å². The zero-order chi connectivity index (χ0) is 16.1. The molecule has 0 aromatic heterocycles. The van der Waals surface area contributed by atoms with Gasteiger partial charge in [-0.1, -0.05) is 48.5 Å². The minimum absolute atomic E-state index is 0.158. The topological polar surface area (TPSA) is 38.3 Å². The Balaban J connectivity index is 1.88. The Morgan fingerprint density at radius 1 is 0.870 bits per heavy atom. The molecule has 23 heavy (non-hydrogen) atoms. The van der Waals surface area contributed by atoms with Crippen LogP contribution in [-0.4, -0.2) is 13.0 Å². The van der Waals surface area contributed by atoms with Crippen LogP contribution < -0.4 is 10.1 Å². The monoisotopic (exact) mass is 303 g/mol. The summed E-state index contributed by atoms with van der Waals surface area (Å²) in [5, 5.41) is 2.87. The van der Waals surface area contributed by atoms with Crippen LogP contribution in [0.4, 0.5) is 5.69 Å². The fraction of sp³-hybridized carbons (Fsp3) is 0.0500. The van der Waals surface area contributed by atoms with Crippen LogP contribution in [0, 0.1) is 0 Å². The number of nitrogens with one attached hydrogen (secondary N) is 1. The molecule has 0 spiro atoms. The molecule has 0 aliphatic rings. The third-order valence-corrected chi connectivity index (χ3v) is 3.58. The third kappa shape index (κ3) is 3.40. The van der Waals surface area contributed by atoms with Crippen molar-refractivity contribution in [1.29, 1.82) is 0 Å². The number of para-hydroxylation sites is 1. The van der Waals surface area contributed by atoms with Gasteiger partial charge in [0.1, 0.15) is 5.75 Å². The highest BCUT2D eigenvalue weighted by Crippen LogP contribution is 2.30. The number of carbonyl (C=O) groups is 1. The van der Waals surface area contributed by atoms with Crippen molar-refractivity contribution in [2.24, 2.45) is 0 Å². The summed E-state index contributed by atoms with van der Waals surface area (Å²) >= 11 is 0. The summed E-state index contributed by atoms with van der Waals surface area (Å²) in [4.78, 5) is 12.4. The fourth-order valence-corrected chi connectivity index (χ4v) is 2.41. The van der Waals surface area contributed by atoms with Gasteiger partial charge in [0.05, 0.1) is 7.11 Å². The molecular formula is C20H17NO2. The highest BCUT2D eigenvalue weighted by atomic mass is 16.5. The van der Waals surface area contributed by atoms with Gasteiger partial charge in [-0.25, -0.2) is 0 Å². The van der Waals surface area contributed by atoms with Gasteiger partial charge in [0.25, 0.3) is 5.91 Å². The van der Waals surface area contributed by atoms with E-state index in [1.807, 2.05) is 72.8 Å². The van der Waals surface area contributed by atoms with Gasteiger partial charge in [0.15, 0.2) is 0 Å². The first-order valence-electron chi connectivity index (χ1n) is 7.38. The lowest BCUT2D eigenvalue weighted by atomic mass is 10.0. The first-order chi connectivity index (χ1) is 11.3. The second-order valence-electron chi connectivity index (χ2n) is 5.10. The van der Waals surface area contributed by atoms with E-state index in [-0.39, 0.29) is 5.91 Å². The number of amides is 1. The highest BCUT2D eigenvalue weighted by Gasteiger charge is 2.11. The number of methoxy groups -OCH3 is 1. The first kappa shape index (κ1) is 14.9. The van der Waals surface area contributed by atoms with Crippen molar-refractivity contribution < 1.29 is 9.53 Å². The standard InChI is InChI=1S/C20H17NO2/c1-23-19-14-16(20(22)21-17-10-6-3-7-11-17)12-13-18(19)15-8-4-2-5-9-15/h2-14H,1H3,(H,21,22). The maximum absolute atomic E-state index is 12.4. The van der Waals surface area contributed by atoms with Crippen molar-refractivity contribution in [3.05, 3.63) is 84.4 Å². The van der Waals surface area contributed by atoms with Gasteiger partial charge in [-0.2, -0.15) is 0 Å². The first-order valence-corrected chi connectivity index (χ1v) is 7.38. The summed E-state index contributed by atoms with van der Waals surface area (Å²) in [6, 6.07) is 24.8.